The van der Waals surface area contributed by atoms with Crippen molar-refractivity contribution in [2.45, 2.75) is 11.9 Å². The van der Waals surface area contributed by atoms with Gasteiger partial charge in [-0.2, -0.15) is 0 Å². The predicted molar refractivity (Wildman–Crippen MR) is 95.1 cm³/mol. The van der Waals surface area contributed by atoms with Gasteiger partial charge in [-0.05, 0) is 19.1 Å². The minimum atomic E-state index is -0.317. The minimum absolute atomic E-state index is 0.0268. The fourth-order valence-electron chi connectivity index (χ4n) is 2.50. The van der Waals surface area contributed by atoms with Crippen LogP contribution >= 0.6 is 11.8 Å². The Bertz CT molecular complexity index is 729. The maximum absolute atomic E-state index is 12.3. The summed E-state index contributed by atoms with van der Waals surface area (Å²) in [4.78, 5) is 31.4. The average Bonchev–Trinajstić information content (AvgIpc) is 3.21. The molecule has 0 atom stereocenters. The summed E-state index contributed by atoms with van der Waals surface area (Å²) in [5.74, 6) is 0.991. The van der Waals surface area contributed by atoms with Crippen LogP contribution in [-0.2, 0) is 9.53 Å². The number of ether oxygens (including phenoxy) is 1. The second-order valence-electron chi connectivity index (χ2n) is 5.56. The molecular formula is C16H20N6O3S. The maximum Gasteiger partial charge on any atom is 0.409 e. The van der Waals surface area contributed by atoms with Gasteiger partial charge in [0.05, 0.1) is 12.4 Å². The standard InChI is InChI=1S/C16H20N6O3S/c1-2-25-16(24)21-9-7-20(8-10-21)15(23)11-26-14-4-3-13(18-19-14)22-6-5-17-12-22/h3-6,12H,2,7-11H2,1H3. The van der Waals surface area contributed by atoms with E-state index >= 15 is 0 Å². The van der Waals surface area contributed by atoms with E-state index < -0.39 is 0 Å². The fraction of sp³-hybridized carbons (Fsp3) is 0.438. The van der Waals surface area contributed by atoms with E-state index in [9.17, 15) is 9.59 Å². The lowest BCUT2D eigenvalue weighted by atomic mass is 10.3. The van der Waals surface area contributed by atoms with E-state index in [1.807, 2.05) is 12.1 Å². The van der Waals surface area contributed by atoms with Crippen LogP contribution in [0.2, 0.25) is 0 Å². The molecule has 1 aliphatic rings. The van der Waals surface area contributed by atoms with Gasteiger partial charge in [0.2, 0.25) is 5.91 Å². The zero-order valence-electron chi connectivity index (χ0n) is 14.4. The molecule has 26 heavy (non-hydrogen) atoms. The van der Waals surface area contributed by atoms with E-state index in [1.165, 1.54) is 11.8 Å². The quantitative estimate of drug-likeness (QED) is 0.720. The fourth-order valence-corrected chi connectivity index (χ4v) is 3.22. The van der Waals surface area contributed by atoms with E-state index in [4.69, 9.17) is 4.74 Å². The maximum atomic E-state index is 12.3. The molecule has 1 saturated heterocycles. The van der Waals surface area contributed by atoms with E-state index in [0.29, 0.717) is 49.4 Å². The molecule has 0 saturated carbocycles. The molecule has 3 rings (SSSR count). The van der Waals surface area contributed by atoms with Crippen LogP contribution in [0, 0.1) is 0 Å². The number of carbonyl (C=O) groups excluding carboxylic acids is 2. The topological polar surface area (TPSA) is 93.5 Å². The first-order valence-corrected chi connectivity index (χ1v) is 9.30. The molecule has 2 aromatic rings. The second-order valence-corrected chi connectivity index (χ2v) is 6.55. The molecule has 0 aliphatic carbocycles. The lowest BCUT2D eigenvalue weighted by Gasteiger charge is -2.34. The molecule has 2 amide bonds. The monoisotopic (exact) mass is 376 g/mol. The van der Waals surface area contributed by atoms with Gasteiger partial charge in [-0.3, -0.25) is 9.36 Å². The van der Waals surface area contributed by atoms with Gasteiger partial charge in [0.1, 0.15) is 11.4 Å². The summed E-state index contributed by atoms with van der Waals surface area (Å²) in [5, 5.41) is 8.95. The summed E-state index contributed by atoms with van der Waals surface area (Å²) in [6.45, 7) is 4.16. The number of thioether (sulfide) groups is 1. The Morgan fingerprint density at radius 2 is 1.92 bits per heavy atom. The van der Waals surface area contributed by atoms with Gasteiger partial charge in [0.25, 0.3) is 0 Å². The molecule has 0 N–H and O–H groups in total. The SMILES string of the molecule is CCOC(=O)N1CCN(C(=O)CSc2ccc(-n3ccnc3)nn2)CC1. The van der Waals surface area contributed by atoms with Gasteiger partial charge in [-0.25, -0.2) is 9.78 Å². The average molecular weight is 376 g/mol. The van der Waals surface area contributed by atoms with Gasteiger partial charge in [-0.15, -0.1) is 10.2 Å². The molecule has 0 spiro atoms. The lowest BCUT2D eigenvalue weighted by molar-refractivity contribution is -0.129. The molecule has 10 heteroatoms. The second kappa shape index (κ2) is 8.65. The summed E-state index contributed by atoms with van der Waals surface area (Å²) in [7, 11) is 0. The Labute approximate surface area is 155 Å². The van der Waals surface area contributed by atoms with E-state index in [2.05, 4.69) is 15.2 Å². The van der Waals surface area contributed by atoms with Crippen molar-refractivity contribution in [3.63, 3.8) is 0 Å². The smallest absolute Gasteiger partial charge is 0.409 e. The summed E-state index contributed by atoms with van der Waals surface area (Å²) in [6, 6.07) is 3.67. The van der Waals surface area contributed by atoms with Crippen LogP contribution in [-0.4, -0.2) is 80.1 Å². The minimum Gasteiger partial charge on any atom is -0.450 e. The molecule has 138 valence electrons. The molecule has 1 aliphatic heterocycles. The van der Waals surface area contributed by atoms with Gasteiger partial charge in [0.15, 0.2) is 5.82 Å². The van der Waals surface area contributed by atoms with Gasteiger partial charge in [0, 0.05) is 38.6 Å². The van der Waals surface area contributed by atoms with Crippen molar-refractivity contribution in [3.05, 3.63) is 30.9 Å². The molecule has 0 unspecified atom stereocenters. The number of nitrogens with zero attached hydrogens (tertiary/aromatic N) is 6. The van der Waals surface area contributed by atoms with Crippen molar-refractivity contribution in [2.75, 3.05) is 38.5 Å². The summed E-state index contributed by atoms with van der Waals surface area (Å²) in [5.41, 5.74) is 0. The first-order chi connectivity index (χ1) is 12.7. The highest BCUT2D eigenvalue weighted by molar-refractivity contribution is 7.99. The number of piperazine rings is 1. The summed E-state index contributed by atoms with van der Waals surface area (Å²) < 4.78 is 6.74. The van der Waals surface area contributed by atoms with Crippen LogP contribution in [0.3, 0.4) is 0 Å². The first-order valence-electron chi connectivity index (χ1n) is 8.31. The summed E-state index contributed by atoms with van der Waals surface area (Å²) in [6.07, 6.45) is 4.79. The largest absolute Gasteiger partial charge is 0.450 e. The predicted octanol–water partition coefficient (Wildman–Crippen LogP) is 1.06. The Morgan fingerprint density at radius 1 is 1.15 bits per heavy atom. The van der Waals surface area contributed by atoms with Gasteiger partial charge in [-0.1, -0.05) is 11.8 Å². The molecule has 2 aromatic heterocycles. The number of imidazole rings is 1. The zero-order chi connectivity index (χ0) is 18.4. The number of aromatic nitrogens is 4. The number of amides is 2. The molecule has 0 radical (unpaired) electrons. The molecule has 3 heterocycles. The van der Waals surface area contributed by atoms with Crippen LogP contribution in [0.4, 0.5) is 4.79 Å². The van der Waals surface area contributed by atoms with Crippen LogP contribution in [0.25, 0.3) is 5.82 Å². The Hall–Kier alpha value is -2.62. The highest BCUT2D eigenvalue weighted by atomic mass is 32.2. The molecule has 0 aromatic carbocycles. The van der Waals surface area contributed by atoms with Gasteiger partial charge >= 0.3 is 6.09 Å². The van der Waals surface area contributed by atoms with Crippen molar-refractivity contribution in [3.8, 4) is 5.82 Å². The third kappa shape index (κ3) is 4.51. The van der Waals surface area contributed by atoms with Crippen molar-refractivity contribution in [2.24, 2.45) is 0 Å². The number of rotatable bonds is 5. The van der Waals surface area contributed by atoms with Crippen molar-refractivity contribution >= 4 is 23.8 Å². The number of hydrogen-bond donors (Lipinski definition) is 0. The molecule has 0 bridgehead atoms. The number of carbonyl (C=O) groups is 2. The van der Waals surface area contributed by atoms with Gasteiger partial charge < -0.3 is 14.5 Å². The molecule has 1 fully saturated rings. The van der Waals surface area contributed by atoms with Crippen molar-refractivity contribution in [1.82, 2.24) is 29.5 Å². The third-order valence-electron chi connectivity index (χ3n) is 3.90. The highest BCUT2D eigenvalue weighted by Gasteiger charge is 2.24. The Balaban J connectivity index is 1.45. The van der Waals surface area contributed by atoms with E-state index in [0.717, 1.165) is 0 Å². The Kier molecular flexibility index (Phi) is 6.05. The zero-order valence-corrected chi connectivity index (χ0v) is 15.3. The van der Waals surface area contributed by atoms with Crippen molar-refractivity contribution < 1.29 is 14.3 Å². The first kappa shape index (κ1) is 18.2. The van der Waals surface area contributed by atoms with Crippen LogP contribution < -0.4 is 0 Å². The molecular weight excluding hydrogens is 356 g/mol. The Morgan fingerprint density at radius 3 is 2.54 bits per heavy atom. The van der Waals surface area contributed by atoms with Crippen LogP contribution in [0.15, 0.2) is 35.9 Å². The van der Waals surface area contributed by atoms with E-state index in [-0.39, 0.29) is 12.0 Å². The normalized spacial score (nSPS) is 14.3. The van der Waals surface area contributed by atoms with Crippen LogP contribution in [0.1, 0.15) is 6.92 Å². The van der Waals surface area contributed by atoms with Crippen molar-refractivity contribution in [1.29, 1.82) is 0 Å². The highest BCUT2D eigenvalue weighted by Crippen LogP contribution is 2.16. The lowest BCUT2D eigenvalue weighted by Crippen LogP contribution is -2.51. The number of hydrogen-bond acceptors (Lipinski definition) is 7. The molecule has 9 nitrogen and oxygen atoms in total. The summed E-state index contributed by atoms with van der Waals surface area (Å²) >= 11 is 1.35. The third-order valence-corrected chi connectivity index (χ3v) is 4.80. The van der Waals surface area contributed by atoms with E-state index in [1.54, 1.807) is 40.0 Å². The van der Waals surface area contributed by atoms with Crippen LogP contribution in [0.5, 0.6) is 0 Å².